The van der Waals surface area contributed by atoms with Gasteiger partial charge in [-0.3, -0.25) is 4.79 Å². The van der Waals surface area contributed by atoms with Crippen LogP contribution in [0.2, 0.25) is 0 Å². The Morgan fingerprint density at radius 1 is 0.833 bits per heavy atom. The van der Waals surface area contributed by atoms with E-state index in [0.29, 0.717) is 6.61 Å². The van der Waals surface area contributed by atoms with Crippen LogP contribution in [0.15, 0.2) is 91.0 Å². The minimum Gasteiger partial charge on any atom is -0.480 e. The Balaban J connectivity index is 0.000000281. The fourth-order valence-electron chi connectivity index (χ4n) is 3.17. The average Bonchev–Trinajstić information content (AvgIpc) is 2.89. The van der Waals surface area contributed by atoms with Gasteiger partial charge in [0.05, 0.1) is 13.0 Å². The quantitative estimate of drug-likeness (QED) is 0.361. The van der Waals surface area contributed by atoms with Crippen LogP contribution in [0.25, 0.3) is 0 Å². The summed E-state index contributed by atoms with van der Waals surface area (Å²) in [6, 6.07) is 26.6. The maximum absolute atomic E-state index is 11.7. The molecule has 0 aliphatic heterocycles. The molecular formula is C28H32N2O6. The number of aliphatic carboxylic acids is 1. The Morgan fingerprint density at radius 3 is 1.89 bits per heavy atom. The van der Waals surface area contributed by atoms with Crippen LogP contribution in [0.4, 0.5) is 4.79 Å². The number of carbonyl (C=O) groups is 3. The van der Waals surface area contributed by atoms with Crippen molar-refractivity contribution in [1.29, 1.82) is 0 Å². The van der Waals surface area contributed by atoms with Crippen molar-refractivity contribution < 1.29 is 29.0 Å². The normalized spacial score (nSPS) is 11.7. The van der Waals surface area contributed by atoms with Gasteiger partial charge in [-0.2, -0.15) is 0 Å². The van der Waals surface area contributed by atoms with Crippen LogP contribution in [0.5, 0.6) is 0 Å². The Labute approximate surface area is 211 Å². The minimum absolute atomic E-state index is 0.102. The first-order valence-corrected chi connectivity index (χ1v) is 11.6. The van der Waals surface area contributed by atoms with Crippen molar-refractivity contribution in [3.8, 4) is 0 Å². The lowest BCUT2D eigenvalue weighted by Gasteiger charge is -2.14. The van der Waals surface area contributed by atoms with Gasteiger partial charge in [0.25, 0.3) is 0 Å². The van der Waals surface area contributed by atoms with Crippen molar-refractivity contribution in [2.45, 2.75) is 38.5 Å². The number of amides is 1. The van der Waals surface area contributed by atoms with Gasteiger partial charge in [0.2, 0.25) is 0 Å². The van der Waals surface area contributed by atoms with E-state index >= 15 is 0 Å². The van der Waals surface area contributed by atoms with Crippen molar-refractivity contribution >= 4 is 18.0 Å². The lowest BCUT2D eigenvalue weighted by Crippen LogP contribution is -2.42. The summed E-state index contributed by atoms with van der Waals surface area (Å²) in [5.74, 6) is -1.34. The van der Waals surface area contributed by atoms with Gasteiger partial charge in [-0.05, 0) is 23.6 Å². The van der Waals surface area contributed by atoms with Crippen LogP contribution < -0.4 is 11.1 Å². The van der Waals surface area contributed by atoms with E-state index in [0.717, 1.165) is 16.7 Å². The second kappa shape index (κ2) is 15.7. The van der Waals surface area contributed by atoms with Gasteiger partial charge in [0, 0.05) is 12.5 Å². The van der Waals surface area contributed by atoms with Crippen LogP contribution in [0, 0.1) is 0 Å². The number of carboxylic acids is 1. The zero-order valence-electron chi connectivity index (χ0n) is 20.2. The predicted octanol–water partition coefficient (Wildman–Crippen LogP) is 4.25. The number of rotatable bonds is 10. The summed E-state index contributed by atoms with van der Waals surface area (Å²) in [6.45, 7) is 2.29. The summed E-state index contributed by atoms with van der Waals surface area (Å²) in [7, 11) is 0. The second-order valence-electron chi connectivity index (χ2n) is 7.81. The highest BCUT2D eigenvalue weighted by atomic mass is 16.5. The molecule has 8 nitrogen and oxygen atoms in total. The molecule has 2 atom stereocenters. The number of nitrogens with one attached hydrogen (secondary N) is 1. The number of hydrogen-bond donors (Lipinski definition) is 3. The Hall–Kier alpha value is -4.17. The third kappa shape index (κ3) is 10.8. The molecule has 3 rings (SSSR count). The van der Waals surface area contributed by atoms with Gasteiger partial charge < -0.3 is 25.6 Å². The summed E-state index contributed by atoms with van der Waals surface area (Å²) in [6.07, 6.45) is -0.304. The maximum Gasteiger partial charge on any atom is 0.408 e. The molecule has 1 amide bonds. The monoisotopic (exact) mass is 492 g/mol. The summed E-state index contributed by atoms with van der Waals surface area (Å²) in [4.78, 5) is 34.1. The van der Waals surface area contributed by atoms with Gasteiger partial charge in [-0.25, -0.2) is 9.59 Å². The van der Waals surface area contributed by atoms with Crippen molar-refractivity contribution in [3.63, 3.8) is 0 Å². The van der Waals surface area contributed by atoms with Crippen molar-refractivity contribution in [2.24, 2.45) is 5.73 Å². The topological polar surface area (TPSA) is 128 Å². The number of nitrogens with two attached hydrogens (primary N) is 1. The Kier molecular flexibility index (Phi) is 12.2. The molecule has 0 aromatic heterocycles. The van der Waals surface area contributed by atoms with E-state index in [4.69, 9.17) is 15.2 Å². The molecule has 190 valence electrons. The molecule has 0 radical (unpaired) electrons. The molecule has 0 fully saturated rings. The molecule has 0 heterocycles. The average molecular weight is 493 g/mol. The molecule has 3 aromatic rings. The number of alkyl carbamates (subject to hydrolysis) is 1. The van der Waals surface area contributed by atoms with Gasteiger partial charge in [-0.15, -0.1) is 0 Å². The van der Waals surface area contributed by atoms with E-state index in [2.05, 4.69) is 5.32 Å². The Morgan fingerprint density at radius 2 is 1.36 bits per heavy atom. The zero-order chi connectivity index (χ0) is 26.2. The molecule has 0 bridgehead atoms. The third-order valence-corrected chi connectivity index (χ3v) is 5.01. The molecule has 2 unspecified atom stereocenters. The number of hydrogen-bond acceptors (Lipinski definition) is 6. The Bertz CT molecular complexity index is 1060. The number of benzene rings is 3. The SMILES string of the molecule is CCOC(=O)CC(N)c1ccccc1.O=C(NC(Cc1ccccc1)C(=O)O)OCc1ccccc1. The fourth-order valence-corrected chi connectivity index (χ4v) is 3.17. The van der Waals surface area contributed by atoms with Crippen LogP contribution in [-0.2, 0) is 32.1 Å². The van der Waals surface area contributed by atoms with E-state index < -0.39 is 18.1 Å². The van der Waals surface area contributed by atoms with Gasteiger partial charge >= 0.3 is 18.0 Å². The number of carboxylic acid groups (broad SMARTS) is 1. The number of esters is 1. The summed E-state index contributed by atoms with van der Waals surface area (Å²) >= 11 is 0. The van der Waals surface area contributed by atoms with Crippen LogP contribution in [0.3, 0.4) is 0 Å². The minimum atomic E-state index is -1.10. The standard InChI is InChI=1S/C17H17NO4.C11H15NO2/c19-16(20)15(11-13-7-3-1-4-8-13)18-17(21)22-12-14-9-5-2-6-10-14;1-2-14-11(13)8-10(12)9-6-4-3-5-7-9/h1-10,15H,11-12H2,(H,18,21)(H,19,20);3-7,10H,2,8,12H2,1H3. The largest absolute Gasteiger partial charge is 0.480 e. The number of carbonyl (C=O) groups excluding carboxylic acids is 2. The van der Waals surface area contributed by atoms with Crippen LogP contribution >= 0.6 is 0 Å². The second-order valence-corrected chi connectivity index (χ2v) is 7.81. The fraction of sp³-hybridized carbons (Fsp3) is 0.250. The van der Waals surface area contributed by atoms with Gasteiger partial charge in [-0.1, -0.05) is 91.0 Å². The highest BCUT2D eigenvalue weighted by molar-refractivity contribution is 5.80. The van der Waals surface area contributed by atoms with Crippen molar-refractivity contribution in [3.05, 3.63) is 108 Å². The van der Waals surface area contributed by atoms with E-state index in [1.807, 2.05) is 91.0 Å². The molecule has 0 aliphatic carbocycles. The van der Waals surface area contributed by atoms with E-state index in [9.17, 15) is 19.5 Å². The first-order valence-electron chi connectivity index (χ1n) is 11.6. The lowest BCUT2D eigenvalue weighted by molar-refractivity contribution is -0.143. The van der Waals surface area contributed by atoms with Gasteiger partial charge in [0.1, 0.15) is 12.6 Å². The highest BCUT2D eigenvalue weighted by Gasteiger charge is 2.21. The maximum atomic E-state index is 11.7. The molecular weight excluding hydrogens is 460 g/mol. The molecule has 0 spiro atoms. The molecule has 3 aromatic carbocycles. The number of ether oxygens (including phenoxy) is 2. The highest BCUT2D eigenvalue weighted by Crippen LogP contribution is 2.13. The summed E-state index contributed by atoms with van der Waals surface area (Å²) < 4.78 is 9.85. The summed E-state index contributed by atoms with van der Waals surface area (Å²) in [5, 5.41) is 11.6. The molecule has 8 heteroatoms. The zero-order valence-corrected chi connectivity index (χ0v) is 20.2. The van der Waals surface area contributed by atoms with Crippen LogP contribution in [0.1, 0.15) is 36.1 Å². The van der Waals surface area contributed by atoms with Gasteiger partial charge in [0.15, 0.2) is 0 Å². The van der Waals surface area contributed by atoms with Crippen LogP contribution in [-0.4, -0.2) is 35.8 Å². The van der Waals surface area contributed by atoms with E-state index in [1.54, 1.807) is 6.92 Å². The molecule has 4 N–H and O–H groups in total. The predicted molar refractivity (Wildman–Crippen MR) is 136 cm³/mol. The third-order valence-electron chi connectivity index (χ3n) is 5.01. The first-order chi connectivity index (χ1) is 17.4. The van der Waals surface area contributed by atoms with E-state index in [1.165, 1.54) is 0 Å². The molecule has 36 heavy (non-hydrogen) atoms. The molecule has 0 saturated carbocycles. The smallest absolute Gasteiger partial charge is 0.408 e. The summed E-state index contributed by atoms with van der Waals surface area (Å²) in [5.41, 5.74) is 8.46. The first kappa shape index (κ1) is 28.1. The molecule has 0 aliphatic rings. The van der Waals surface area contributed by atoms with Crippen molar-refractivity contribution in [1.82, 2.24) is 5.32 Å². The molecule has 0 saturated heterocycles. The lowest BCUT2D eigenvalue weighted by atomic mass is 10.1. The van der Waals surface area contributed by atoms with Crippen molar-refractivity contribution in [2.75, 3.05) is 6.61 Å². The van der Waals surface area contributed by atoms with E-state index in [-0.39, 0.29) is 31.5 Å².